The van der Waals surface area contributed by atoms with Crippen molar-refractivity contribution in [1.29, 1.82) is 0 Å². The zero-order valence-electron chi connectivity index (χ0n) is 5.85. The Kier molecular flexibility index (Phi) is 2.58. The largest absolute Gasteiger partial charge is 0.368 e. The summed E-state index contributed by atoms with van der Waals surface area (Å²) < 4.78 is 0. The molecule has 0 aromatic heterocycles. The molecule has 0 spiro atoms. The van der Waals surface area contributed by atoms with Gasteiger partial charge in [0.1, 0.15) is 0 Å². The van der Waals surface area contributed by atoms with Gasteiger partial charge in [-0.1, -0.05) is 6.08 Å². The molecule has 1 fully saturated rings. The highest BCUT2D eigenvalue weighted by Crippen LogP contribution is 1.90. The van der Waals surface area contributed by atoms with E-state index in [0.29, 0.717) is 0 Å². The zero-order chi connectivity index (χ0) is 6.53. The third-order valence-corrected chi connectivity index (χ3v) is 1.43. The summed E-state index contributed by atoms with van der Waals surface area (Å²) >= 11 is 0. The summed E-state index contributed by atoms with van der Waals surface area (Å²) in [4.78, 5) is 2.20. The zero-order valence-corrected chi connectivity index (χ0v) is 5.85. The van der Waals surface area contributed by atoms with Crippen molar-refractivity contribution in [3.63, 3.8) is 0 Å². The van der Waals surface area contributed by atoms with Crippen LogP contribution in [0, 0.1) is 6.20 Å². The molecule has 0 bridgehead atoms. The molecule has 0 saturated carbocycles. The Morgan fingerprint density at radius 3 is 2.67 bits per heavy atom. The van der Waals surface area contributed by atoms with Crippen LogP contribution in [0.2, 0.25) is 0 Å². The summed E-state index contributed by atoms with van der Waals surface area (Å²) in [6, 6.07) is 0. The van der Waals surface area contributed by atoms with Crippen LogP contribution in [-0.4, -0.2) is 31.1 Å². The topological polar surface area (TPSA) is 15.3 Å². The fourth-order valence-electron chi connectivity index (χ4n) is 0.977. The molecule has 1 N–H and O–H groups in total. The molecular formula is C7H13N2. The lowest BCUT2D eigenvalue weighted by Gasteiger charge is -2.24. The molecule has 1 aliphatic heterocycles. The Bertz CT molecular complexity index is 93.1. The van der Waals surface area contributed by atoms with Crippen molar-refractivity contribution in [2.45, 2.75) is 6.92 Å². The third kappa shape index (κ3) is 2.06. The van der Waals surface area contributed by atoms with E-state index in [9.17, 15) is 0 Å². The first kappa shape index (κ1) is 6.62. The van der Waals surface area contributed by atoms with Crippen molar-refractivity contribution in [2.24, 2.45) is 0 Å². The molecule has 1 heterocycles. The summed E-state index contributed by atoms with van der Waals surface area (Å²) in [6.45, 7) is 6.40. The van der Waals surface area contributed by atoms with Gasteiger partial charge in [0, 0.05) is 26.2 Å². The summed E-state index contributed by atoms with van der Waals surface area (Å²) in [5.74, 6) is 0. The van der Waals surface area contributed by atoms with Crippen molar-refractivity contribution >= 4 is 0 Å². The van der Waals surface area contributed by atoms with Gasteiger partial charge < -0.3 is 10.2 Å². The summed E-state index contributed by atoms with van der Waals surface area (Å²) in [5, 5.41) is 3.28. The van der Waals surface area contributed by atoms with Crippen LogP contribution in [0.1, 0.15) is 6.92 Å². The second-order valence-corrected chi connectivity index (χ2v) is 2.15. The summed E-state index contributed by atoms with van der Waals surface area (Å²) in [5.41, 5.74) is 0. The van der Waals surface area contributed by atoms with Crippen molar-refractivity contribution < 1.29 is 0 Å². The maximum Gasteiger partial charge on any atom is 0.0558 e. The minimum absolute atomic E-state index is 1.10. The molecule has 1 radical (unpaired) electrons. The van der Waals surface area contributed by atoms with E-state index in [0.717, 1.165) is 26.2 Å². The van der Waals surface area contributed by atoms with Crippen LogP contribution in [0.4, 0.5) is 0 Å². The van der Waals surface area contributed by atoms with Crippen molar-refractivity contribution in [3.05, 3.63) is 12.3 Å². The van der Waals surface area contributed by atoms with Crippen LogP contribution in [-0.2, 0) is 0 Å². The minimum Gasteiger partial charge on any atom is -0.368 e. The number of hydrogen-bond acceptors (Lipinski definition) is 2. The van der Waals surface area contributed by atoms with Gasteiger partial charge in [0.05, 0.1) is 6.20 Å². The number of nitrogens with zero attached hydrogens (tertiary/aromatic N) is 1. The quantitative estimate of drug-likeness (QED) is 0.539. The van der Waals surface area contributed by atoms with Gasteiger partial charge in [-0.3, -0.25) is 0 Å². The Labute approximate surface area is 56.5 Å². The molecule has 9 heavy (non-hydrogen) atoms. The summed E-state index contributed by atoms with van der Waals surface area (Å²) in [6.07, 6.45) is 5.12. The van der Waals surface area contributed by atoms with E-state index in [1.165, 1.54) is 0 Å². The Morgan fingerprint density at radius 2 is 2.11 bits per heavy atom. The maximum atomic E-state index is 3.28. The number of piperazine rings is 1. The first-order chi connectivity index (χ1) is 4.43. The van der Waals surface area contributed by atoms with Gasteiger partial charge in [-0.15, -0.1) is 0 Å². The van der Waals surface area contributed by atoms with Crippen molar-refractivity contribution in [2.75, 3.05) is 26.2 Å². The highest BCUT2D eigenvalue weighted by molar-refractivity contribution is 4.74. The first-order valence-electron chi connectivity index (χ1n) is 3.43. The van der Waals surface area contributed by atoms with Gasteiger partial charge in [0.2, 0.25) is 0 Å². The van der Waals surface area contributed by atoms with Gasteiger partial charge in [0.25, 0.3) is 0 Å². The average Bonchev–Trinajstić information content (AvgIpc) is 1.91. The van der Waals surface area contributed by atoms with E-state index >= 15 is 0 Å². The van der Waals surface area contributed by atoms with E-state index < -0.39 is 0 Å². The lowest BCUT2D eigenvalue weighted by molar-refractivity contribution is 0.310. The number of hydrogen-bond donors (Lipinski definition) is 1. The van der Waals surface area contributed by atoms with E-state index in [1.807, 2.05) is 13.0 Å². The maximum absolute atomic E-state index is 3.28. The second kappa shape index (κ2) is 3.51. The van der Waals surface area contributed by atoms with E-state index in [4.69, 9.17) is 0 Å². The third-order valence-electron chi connectivity index (χ3n) is 1.43. The highest BCUT2D eigenvalue weighted by Gasteiger charge is 2.03. The Hall–Kier alpha value is -0.500. The molecule has 0 aromatic rings. The van der Waals surface area contributed by atoms with Gasteiger partial charge in [-0.2, -0.15) is 0 Å². The Balaban J connectivity index is 2.23. The molecular weight excluding hydrogens is 112 g/mol. The molecule has 0 amide bonds. The smallest absolute Gasteiger partial charge is 0.0558 e. The van der Waals surface area contributed by atoms with E-state index in [-0.39, 0.29) is 0 Å². The fourth-order valence-corrected chi connectivity index (χ4v) is 0.977. The first-order valence-corrected chi connectivity index (χ1v) is 3.43. The standard InChI is InChI=1S/C7H13N2/c1-2-5-9-6-3-8-4-7-9/h2,8H,3-4,6-7H2,1H3. The van der Waals surface area contributed by atoms with E-state index in [1.54, 1.807) is 0 Å². The highest BCUT2D eigenvalue weighted by atomic mass is 15.2. The average molecular weight is 125 g/mol. The van der Waals surface area contributed by atoms with Crippen LogP contribution in [0.15, 0.2) is 6.08 Å². The SMILES string of the molecule is C/C=[C]/N1CCNCC1. The monoisotopic (exact) mass is 125 g/mol. The molecule has 0 aromatic carbocycles. The lowest BCUT2D eigenvalue weighted by atomic mass is 10.4. The summed E-state index contributed by atoms with van der Waals surface area (Å²) in [7, 11) is 0. The number of rotatable bonds is 1. The van der Waals surface area contributed by atoms with Crippen LogP contribution in [0.3, 0.4) is 0 Å². The van der Waals surface area contributed by atoms with Crippen LogP contribution in [0.5, 0.6) is 0 Å². The number of nitrogens with one attached hydrogen (secondary N) is 1. The molecule has 1 aliphatic rings. The van der Waals surface area contributed by atoms with Gasteiger partial charge in [-0.25, -0.2) is 0 Å². The molecule has 2 heteroatoms. The lowest BCUT2D eigenvalue weighted by Crippen LogP contribution is -2.40. The molecule has 1 saturated heterocycles. The minimum atomic E-state index is 1.10. The van der Waals surface area contributed by atoms with Crippen molar-refractivity contribution in [3.8, 4) is 0 Å². The predicted molar refractivity (Wildman–Crippen MR) is 37.9 cm³/mol. The molecule has 1 rings (SSSR count). The molecule has 51 valence electrons. The number of allylic oxidation sites excluding steroid dienone is 1. The molecule has 0 unspecified atom stereocenters. The van der Waals surface area contributed by atoms with Crippen LogP contribution >= 0.6 is 0 Å². The molecule has 2 nitrogen and oxygen atoms in total. The van der Waals surface area contributed by atoms with Crippen LogP contribution < -0.4 is 5.32 Å². The fraction of sp³-hybridized carbons (Fsp3) is 0.714. The van der Waals surface area contributed by atoms with Gasteiger partial charge in [0.15, 0.2) is 0 Å². The predicted octanol–water partition coefficient (Wildman–Crippen LogP) is 0.228. The van der Waals surface area contributed by atoms with Gasteiger partial charge in [-0.05, 0) is 6.92 Å². The molecule has 0 aliphatic carbocycles. The van der Waals surface area contributed by atoms with Crippen LogP contribution in [0.25, 0.3) is 0 Å². The Morgan fingerprint density at radius 1 is 1.44 bits per heavy atom. The van der Waals surface area contributed by atoms with Crippen molar-refractivity contribution in [1.82, 2.24) is 10.2 Å². The second-order valence-electron chi connectivity index (χ2n) is 2.15. The normalized spacial score (nSPS) is 21.2. The van der Waals surface area contributed by atoms with Gasteiger partial charge >= 0.3 is 0 Å². The van der Waals surface area contributed by atoms with E-state index in [2.05, 4.69) is 16.4 Å². The molecule has 0 atom stereocenters.